The van der Waals surface area contributed by atoms with Crippen molar-refractivity contribution in [3.63, 3.8) is 0 Å². The predicted molar refractivity (Wildman–Crippen MR) is 52.1 cm³/mol. The first-order valence-corrected chi connectivity index (χ1v) is 5.54. The molecule has 0 aromatic rings. The van der Waals surface area contributed by atoms with Crippen LogP contribution in [0.5, 0.6) is 0 Å². The van der Waals surface area contributed by atoms with Crippen molar-refractivity contribution in [3.8, 4) is 0 Å². The first-order chi connectivity index (χ1) is 5.58. The number of hydrogen-bond acceptors (Lipinski definition) is 3. The zero-order chi connectivity index (χ0) is 9.19. The van der Waals surface area contributed by atoms with Gasteiger partial charge in [0, 0.05) is 11.8 Å². The van der Waals surface area contributed by atoms with Gasteiger partial charge in [0.1, 0.15) is 5.54 Å². The Bertz CT molecular complexity index is 182. The first-order valence-electron chi connectivity index (χ1n) is 4.15. The number of carbonyl (C=O) groups is 1. The molecule has 1 aliphatic rings. The summed E-state index contributed by atoms with van der Waals surface area (Å²) in [6, 6.07) is 0.523. The molecular weight excluding hydrogens is 172 g/mol. The molecule has 1 aliphatic carbocycles. The van der Waals surface area contributed by atoms with E-state index in [2.05, 4.69) is 5.32 Å². The van der Waals surface area contributed by atoms with Crippen LogP contribution in [0.1, 0.15) is 19.8 Å². The minimum Gasteiger partial charge on any atom is -0.368 e. The van der Waals surface area contributed by atoms with Crippen molar-refractivity contribution in [3.05, 3.63) is 0 Å². The van der Waals surface area contributed by atoms with E-state index in [9.17, 15) is 4.79 Å². The maximum Gasteiger partial charge on any atom is 0.238 e. The van der Waals surface area contributed by atoms with Crippen molar-refractivity contribution in [2.75, 3.05) is 12.0 Å². The monoisotopic (exact) mass is 188 g/mol. The molecule has 3 nitrogen and oxygen atoms in total. The maximum atomic E-state index is 11.1. The Hall–Kier alpha value is -0.220. The summed E-state index contributed by atoms with van der Waals surface area (Å²) >= 11 is 1.64. The second-order valence-corrected chi connectivity index (χ2v) is 4.41. The van der Waals surface area contributed by atoms with Crippen LogP contribution in [0.15, 0.2) is 0 Å². The zero-order valence-electron chi connectivity index (χ0n) is 7.59. The molecule has 0 spiro atoms. The topological polar surface area (TPSA) is 55.1 Å². The summed E-state index contributed by atoms with van der Waals surface area (Å²) in [4.78, 5) is 11.1. The second-order valence-electron chi connectivity index (χ2n) is 3.55. The van der Waals surface area contributed by atoms with Gasteiger partial charge < -0.3 is 11.1 Å². The van der Waals surface area contributed by atoms with Crippen molar-refractivity contribution in [2.24, 2.45) is 5.73 Å². The Kier molecular flexibility index (Phi) is 3.01. The fraction of sp³-hybridized carbons (Fsp3) is 0.875. The lowest BCUT2D eigenvalue weighted by Crippen LogP contribution is -2.55. The lowest BCUT2D eigenvalue weighted by molar-refractivity contribution is -0.123. The molecule has 0 aliphatic heterocycles. The molecule has 0 aromatic carbocycles. The van der Waals surface area contributed by atoms with Crippen LogP contribution in [0.25, 0.3) is 0 Å². The predicted octanol–water partition coefficient (Wildman–Crippen LogP) is 0.345. The van der Waals surface area contributed by atoms with E-state index in [1.807, 2.05) is 13.2 Å². The van der Waals surface area contributed by atoms with E-state index in [-0.39, 0.29) is 5.91 Å². The minimum atomic E-state index is -0.513. The summed E-state index contributed by atoms with van der Waals surface area (Å²) in [6.07, 6.45) is 4.34. The Labute approximate surface area is 77.5 Å². The van der Waals surface area contributed by atoms with Gasteiger partial charge in [-0.2, -0.15) is 11.8 Å². The smallest absolute Gasteiger partial charge is 0.238 e. The highest BCUT2D eigenvalue weighted by Crippen LogP contribution is 2.23. The average Bonchev–Trinajstić information content (AvgIpc) is 2.71. The zero-order valence-corrected chi connectivity index (χ0v) is 8.41. The number of nitrogens with one attached hydrogen (secondary N) is 1. The van der Waals surface area contributed by atoms with Gasteiger partial charge in [0.15, 0.2) is 0 Å². The van der Waals surface area contributed by atoms with E-state index in [1.54, 1.807) is 11.8 Å². The average molecular weight is 188 g/mol. The van der Waals surface area contributed by atoms with E-state index in [1.165, 1.54) is 12.8 Å². The Morgan fingerprint density at radius 2 is 2.33 bits per heavy atom. The maximum absolute atomic E-state index is 11.1. The third kappa shape index (κ3) is 2.38. The van der Waals surface area contributed by atoms with Gasteiger partial charge in [-0.3, -0.25) is 4.79 Å². The molecule has 12 heavy (non-hydrogen) atoms. The molecule has 1 atom stereocenters. The number of carbonyl (C=O) groups excluding carboxylic acids is 1. The number of amides is 1. The third-order valence-corrected chi connectivity index (χ3v) is 2.94. The molecule has 70 valence electrons. The van der Waals surface area contributed by atoms with Crippen LogP contribution in [-0.4, -0.2) is 29.5 Å². The Balaban J connectivity index is 2.49. The van der Waals surface area contributed by atoms with Crippen molar-refractivity contribution in [1.82, 2.24) is 5.32 Å². The van der Waals surface area contributed by atoms with Crippen LogP contribution in [0.4, 0.5) is 0 Å². The second kappa shape index (κ2) is 3.66. The van der Waals surface area contributed by atoms with E-state index < -0.39 is 5.54 Å². The van der Waals surface area contributed by atoms with E-state index in [0.29, 0.717) is 6.04 Å². The lowest BCUT2D eigenvalue weighted by atomic mass is 10.1. The van der Waals surface area contributed by atoms with Gasteiger partial charge in [-0.25, -0.2) is 0 Å². The van der Waals surface area contributed by atoms with Crippen molar-refractivity contribution in [2.45, 2.75) is 31.3 Å². The van der Waals surface area contributed by atoms with Crippen molar-refractivity contribution < 1.29 is 4.79 Å². The third-order valence-electron chi connectivity index (χ3n) is 2.08. The molecule has 0 saturated heterocycles. The van der Waals surface area contributed by atoms with Crippen LogP contribution < -0.4 is 11.1 Å². The molecular formula is C8H16N2OS. The molecule has 0 radical (unpaired) electrons. The molecule has 4 heteroatoms. The fourth-order valence-corrected chi connectivity index (χ4v) is 1.95. The number of rotatable bonds is 5. The highest BCUT2D eigenvalue weighted by Gasteiger charge is 2.36. The molecule has 0 bridgehead atoms. The number of nitrogens with two attached hydrogens (primary N) is 1. The molecule has 1 amide bonds. The van der Waals surface area contributed by atoms with Gasteiger partial charge in [-0.05, 0) is 26.0 Å². The summed E-state index contributed by atoms with van der Waals surface area (Å²) in [5, 5.41) is 3.27. The van der Waals surface area contributed by atoms with Crippen LogP contribution in [-0.2, 0) is 4.79 Å². The number of hydrogen-bond donors (Lipinski definition) is 2. The van der Waals surface area contributed by atoms with Crippen LogP contribution in [0.2, 0.25) is 0 Å². The minimum absolute atomic E-state index is 0.247. The number of primary amides is 1. The molecule has 0 aromatic heterocycles. The van der Waals surface area contributed by atoms with E-state index >= 15 is 0 Å². The molecule has 3 N–H and O–H groups in total. The standard InChI is InChI=1S/C8H16N2OS/c1-8(5-12-2,7(9)11)10-6-3-4-6/h6,10H,3-5H2,1-2H3,(H2,9,11). The summed E-state index contributed by atoms with van der Waals surface area (Å²) in [5.41, 5.74) is 4.81. The van der Waals surface area contributed by atoms with Gasteiger partial charge in [0.05, 0.1) is 0 Å². The lowest BCUT2D eigenvalue weighted by Gasteiger charge is -2.26. The molecule has 0 heterocycles. The summed E-state index contributed by atoms with van der Waals surface area (Å²) < 4.78 is 0. The molecule has 1 fully saturated rings. The molecule has 1 saturated carbocycles. The van der Waals surface area contributed by atoms with Gasteiger partial charge in [-0.1, -0.05) is 0 Å². The normalized spacial score (nSPS) is 21.8. The number of thioether (sulfide) groups is 1. The highest BCUT2D eigenvalue weighted by atomic mass is 32.2. The molecule has 1 rings (SSSR count). The molecule has 1 unspecified atom stereocenters. The van der Waals surface area contributed by atoms with Crippen LogP contribution in [0, 0.1) is 0 Å². The van der Waals surface area contributed by atoms with Crippen LogP contribution >= 0.6 is 11.8 Å². The van der Waals surface area contributed by atoms with E-state index in [4.69, 9.17) is 5.73 Å². The fourth-order valence-electron chi connectivity index (χ4n) is 1.15. The summed E-state index contributed by atoms with van der Waals surface area (Å²) in [5.74, 6) is 0.502. The summed E-state index contributed by atoms with van der Waals surface area (Å²) in [6.45, 7) is 1.88. The Morgan fingerprint density at radius 3 is 2.67 bits per heavy atom. The van der Waals surface area contributed by atoms with Gasteiger partial charge >= 0.3 is 0 Å². The van der Waals surface area contributed by atoms with Gasteiger partial charge in [0.25, 0.3) is 0 Å². The highest BCUT2D eigenvalue weighted by molar-refractivity contribution is 7.98. The van der Waals surface area contributed by atoms with Crippen LogP contribution in [0.3, 0.4) is 0 Å². The first kappa shape index (κ1) is 9.86. The Morgan fingerprint density at radius 1 is 1.75 bits per heavy atom. The van der Waals surface area contributed by atoms with Crippen molar-refractivity contribution in [1.29, 1.82) is 0 Å². The SMILES string of the molecule is CSCC(C)(NC1CC1)C(N)=O. The largest absolute Gasteiger partial charge is 0.368 e. The summed E-state index contributed by atoms with van der Waals surface area (Å²) in [7, 11) is 0. The van der Waals surface area contributed by atoms with E-state index in [0.717, 1.165) is 5.75 Å². The van der Waals surface area contributed by atoms with Gasteiger partial charge in [-0.15, -0.1) is 0 Å². The van der Waals surface area contributed by atoms with Gasteiger partial charge in [0.2, 0.25) is 5.91 Å². The van der Waals surface area contributed by atoms with Crippen molar-refractivity contribution >= 4 is 17.7 Å². The quantitative estimate of drug-likeness (QED) is 0.654.